The number of amides is 2. The SMILES string of the molecule is Cn1cc(-c2ccc(N(C(=O)NCc3ccccc3)C3CCC(Nc4ncc(C#N)c(N5CC(O)C5)n4)CC3)nc2)cn1. The van der Waals surface area contributed by atoms with E-state index < -0.39 is 6.10 Å². The highest BCUT2D eigenvalue weighted by molar-refractivity contribution is 5.91. The smallest absolute Gasteiger partial charge is 0.323 e. The lowest BCUT2D eigenvalue weighted by molar-refractivity contribution is 0.141. The number of aliphatic hydroxyl groups excluding tert-OH is 1. The highest BCUT2D eigenvalue weighted by atomic mass is 16.3. The number of nitrogens with zero attached hydrogens (tertiary/aromatic N) is 8. The summed E-state index contributed by atoms with van der Waals surface area (Å²) in [7, 11) is 1.87. The van der Waals surface area contributed by atoms with Crippen molar-refractivity contribution in [3.8, 4) is 17.2 Å². The summed E-state index contributed by atoms with van der Waals surface area (Å²) in [5.41, 5.74) is 3.31. The van der Waals surface area contributed by atoms with E-state index in [2.05, 4.69) is 31.8 Å². The molecule has 1 aromatic carbocycles. The van der Waals surface area contributed by atoms with Gasteiger partial charge in [0.1, 0.15) is 17.5 Å². The molecule has 1 aliphatic carbocycles. The molecule has 43 heavy (non-hydrogen) atoms. The van der Waals surface area contributed by atoms with Crippen LogP contribution in [0.5, 0.6) is 0 Å². The molecule has 0 bridgehead atoms. The van der Waals surface area contributed by atoms with Crippen molar-refractivity contribution in [3.63, 3.8) is 0 Å². The minimum absolute atomic E-state index is 0.0365. The maximum Gasteiger partial charge on any atom is 0.323 e. The number of nitriles is 1. The van der Waals surface area contributed by atoms with Gasteiger partial charge in [-0.25, -0.2) is 14.8 Å². The molecule has 1 saturated carbocycles. The number of β-amino-alcohol motifs (C(OH)–C–C–N with tert-alkyl or cyclic N) is 1. The molecule has 4 aromatic rings. The van der Waals surface area contributed by atoms with Crippen LogP contribution >= 0.6 is 0 Å². The fourth-order valence-electron chi connectivity index (χ4n) is 5.64. The zero-order valence-corrected chi connectivity index (χ0v) is 24.0. The Morgan fingerprint density at radius 1 is 1.05 bits per heavy atom. The zero-order valence-electron chi connectivity index (χ0n) is 24.0. The van der Waals surface area contributed by atoms with Gasteiger partial charge in [-0.2, -0.15) is 15.3 Å². The highest BCUT2D eigenvalue weighted by Gasteiger charge is 2.32. The quantitative estimate of drug-likeness (QED) is 0.286. The normalized spacial score (nSPS) is 18.4. The van der Waals surface area contributed by atoms with Gasteiger partial charge in [-0.1, -0.05) is 30.3 Å². The van der Waals surface area contributed by atoms with E-state index in [1.54, 1.807) is 22.0 Å². The summed E-state index contributed by atoms with van der Waals surface area (Å²) in [6, 6.07) is 15.8. The third-order valence-corrected chi connectivity index (χ3v) is 7.98. The first-order chi connectivity index (χ1) is 21.0. The number of rotatable bonds is 8. The second kappa shape index (κ2) is 12.5. The largest absolute Gasteiger partial charge is 0.389 e. The van der Waals surface area contributed by atoms with Crippen LogP contribution in [0.25, 0.3) is 11.1 Å². The molecule has 0 spiro atoms. The van der Waals surface area contributed by atoms with E-state index in [0.717, 1.165) is 42.4 Å². The Bertz CT molecular complexity index is 1590. The summed E-state index contributed by atoms with van der Waals surface area (Å²) in [6.45, 7) is 1.33. The topological polar surface area (TPSA) is 148 Å². The summed E-state index contributed by atoms with van der Waals surface area (Å²) >= 11 is 0. The third-order valence-electron chi connectivity index (χ3n) is 7.98. The molecule has 0 atom stereocenters. The van der Waals surface area contributed by atoms with Gasteiger partial charge in [0, 0.05) is 62.3 Å². The van der Waals surface area contributed by atoms with Crippen molar-refractivity contribution in [1.29, 1.82) is 5.26 Å². The number of anilines is 3. The average Bonchev–Trinajstić information content (AvgIpc) is 3.46. The Kier molecular flexibility index (Phi) is 8.15. The van der Waals surface area contributed by atoms with Gasteiger partial charge in [-0.15, -0.1) is 0 Å². The molecular formula is C31H34N10O2. The van der Waals surface area contributed by atoms with E-state index in [9.17, 15) is 15.2 Å². The number of hydrogen-bond acceptors (Lipinski definition) is 9. The molecular weight excluding hydrogens is 544 g/mol. The van der Waals surface area contributed by atoms with Gasteiger partial charge in [0.25, 0.3) is 0 Å². The number of nitrogens with one attached hydrogen (secondary N) is 2. The molecule has 6 rings (SSSR count). The van der Waals surface area contributed by atoms with Gasteiger partial charge in [-0.3, -0.25) is 9.58 Å². The van der Waals surface area contributed by atoms with Crippen LogP contribution in [0.3, 0.4) is 0 Å². The maximum atomic E-state index is 13.6. The number of carbonyl (C=O) groups excluding carboxylic acids is 1. The first-order valence-electron chi connectivity index (χ1n) is 14.5. The van der Waals surface area contributed by atoms with E-state index in [4.69, 9.17) is 4.98 Å². The standard InChI is InChI=1S/C31H34N10O2/c1-39-18-24(17-36-39)22-7-12-28(33-15-22)41(31(43)35-14-21-5-3-2-4-6-21)26-10-8-25(9-11-26)37-30-34-16-23(13-32)29(38-30)40-19-27(42)20-40/h2-7,12,15-18,25-27,42H,8-11,14,19-20H2,1H3,(H,35,43)(H,34,37,38). The number of aryl methyl sites for hydroxylation is 1. The first-order valence-corrected chi connectivity index (χ1v) is 14.5. The highest BCUT2D eigenvalue weighted by Crippen LogP contribution is 2.30. The van der Waals surface area contributed by atoms with Crippen LogP contribution in [-0.2, 0) is 13.6 Å². The fraction of sp³-hybridized carbons (Fsp3) is 0.355. The Morgan fingerprint density at radius 2 is 1.84 bits per heavy atom. The van der Waals surface area contributed by atoms with Crippen LogP contribution < -0.4 is 20.4 Å². The maximum absolute atomic E-state index is 13.6. The molecule has 1 aliphatic heterocycles. The molecule has 4 heterocycles. The lowest BCUT2D eigenvalue weighted by Gasteiger charge is -2.38. The van der Waals surface area contributed by atoms with Crippen molar-refractivity contribution >= 4 is 23.6 Å². The number of aromatic nitrogens is 5. The van der Waals surface area contributed by atoms with E-state index in [0.29, 0.717) is 42.8 Å². The van der Waals surface area contributed by atoms with Crippen molar-refractivity contribution in [2.45, 2.75) is 50.4 Å². The predicted molar refractivity (Wildman–Crippen MR) is 162 cm³/mol. The van der Waals surface area contributed by atoms with Crippen LogP contribution in [0.15, 0.2) is 67.3 Å². The van der Waals surface area contributed by atoms with E-state index in [1.807, 2.05) is 60.6 Å². The summed E-state index contributed by atoms with van der Waals surface area (Å²) in [5, 5.41) is 29.9. The molecule has 3 N–H and O–H groups in total. The van der Waals surface area contributed by atoms with Crippen molar-refractivity contribution in [2.24, 2.45) is 7.05 Å². The summed E-state index contributed by atoms with van der Waals surface area (Å²) in [4.78, 5) is 31.0. The molecule has 0 radical (unpaired) electrons. The van der Waals surface area contributed by atoms with Crippen LogP contribution in [0.4, 0.5) is 22.4 Å². The molecule has 220 valence electrons. The predicted octanol–water partition coefficient (Wildman–Crippen LogP) is 3.46. The Hall–Kier alpha value is -5.02. The van der Waals surface area contributed by atoms with Crippen molar-refractivity contribution in [3.05, 3.63) is 78.4 Å². The van der Waals surface area contributed by atoms with Crippen LogP contribution in [0.1, 0.15) is 36.8 Å². The Morgan fingerprint density at radius 3 is 2.49 bits per heavy atom. The third kappa shape index (κ3) is 6.42. The zero-order chi connectivity index (χ0) is 29.8. The average molecular weight is 579 g/mol. The number of carbonyl (C=O) groups is 1. The van der Waals surface area contributed by atoms with Gasteiger partial charge < -0.3 is 20.6 Å². The van der Waals surface area contributed by atoms with Crippen LogP contribution in [-0.4, -0.2) is 67.1 Å². The van der Waals surface area contributed by atoms with Crippen LogP contribution in [0, 0.1) is 11.3 Å². The van der Waals surface area contributed by atoms with E-state index >= 15 is 0 Å². The van der Waals surface area contributed by atoms with Gasteiger partial charge in [0.05, 0.1) is 18.5 Å². The lowest BCUT2D eigenvalue weighted by atomic mass is 9.90. The van der Waals surface area contributed by atoms with Gasteiger partial charge in [0.2, 0.25) is 5.95 Å². The molecule has 3 aromatic heterocycles. The molecule has 1 saturated heterocycles. The minimum Gasteiger partial charge on any atom is -0.389 e. The summed E-state index contributed by atoms with van der Waals surface area (Å²) in [5.74, 6) is 1.61. The van der Waals surface area contributed by atoms with Gasteiger partial charge in [-0.05, 0) is 43.4 Å². The molecule has 2 aliphatic rings. The molecule has 12 heteroatoms. The number of aliphatic hydroxyl groups is 1. The van der Waals surface area contributed by atoms with E-state index in [1.165, 1.54) is 6.20 Å². The molecule has 2 amide bonds. The van der Waals surface area contributed by atoms with Gasteiger partial charge in [0.15, 0.2) is 5.82 Å². The molecule has 0 unspecified atom stereocenters. The Labute approximate surface area is 250 Å². The van der Waals surface area contributed by atoms with Crippen molar-refractivity contribution in [1.82, 2.24) is 30.0 Å². The van der Waals surface area contributed by atoms with Crippen molar-refractivity contribution < 1.29 is 9.90 Å². The monoisotopic (exact) mass is 578 g/mol. The molecule has 12 nitrogen and oxygen atoms in total. The minimum atomic E-state index is -0.401. The number of urea groups is 1. The second-order valence-electron chi connectivity index (χ2n) is 11.1. The number of pyridine rings is 1. The second-order valence-corrected chi connectivity index (χ2v) is 11.1. The summed E-state index contributed by atoms with van der Waals surface area (Å²) < 4.78 is 1.75. The summed E-state index contributed by atoms with van der Waals surface area (Å²) in [6.07, 6.45) is 9.79. The van der Waals surface area contributed by atoms with Crippen LogP contribution in [0.2, 0.25) is 0 Å². The molecule has 2 fully saturated rings. The van der Waals surface area contributed by atoms with Gasteiger partial charge >= 0.3 is 6.03 Å². The number of benzene rings is 1. The van der Waals surface area contributed by atoms with E-state index in [-0.39, 0.29) is 18.1 Å². The first kappa shape index (κ1) is 28.1. The number of hydrogen-bond donors (Lipinski definition) is 3. The lowest BCUT2D eigenvalue weighted by Crippen LogP contribution is -2.51. The fourth-order valence-corrected chi connectivity index (χ4v) is 5.64. The Balaban J connectivity index is 1.15. The van der Waals surface area contributed by atoms with Crippen molar-refractivity contribution in [2.75, 3.05) is 28.2 Å².